The third kappa shape index (κ3) is 4.98. The van der Waals surface area contributed by atoms with Crippen LogP contribution in [-0.2, 0) is 6.54 Å². The summed E-state index contributed by atoms with van der Waals surface area (Å²) in [6, 6.07) is 12.7. The highest BCUT2D eigenvalue weighted by molar-refractivity contribution is 5.74. The fraction of sp³-hybridized carbons (Fsp3) is 0.455. The van der Waals surface area contributed by atoms with E-state index in [-0.39, 0.29) is 6.03 Å². The van der Waals surface area contributed by atoms with E-state index in [2.05, 4.69) is 56.3 Å². The van der Waals surface area contributed by atoms with Crippen LogP contribution in [0.3, 0.4) is 0 Å². The maximum atomic E-state index is 12.4. The van der Waals surface area contributed by atoms with E-state index in [1.165, 1.54) is 11.4 Å². The quantitative estimate of drug-likeness (QED) is 0.858. The van der Waals surface area contributed by atoms with Gasteiger partial charge in [-0.15, -0.1) is 0 Å². The highest BCUT2D eigenvalue weighted by atomic mass is 16.2. The zero-order valence-electron chi connectivity index (χ0n) is 17.1. The van der Waals surface area contributed by atoms with Crippen LogP contribution in [-0.4, -0.2) is 80.2 Å². The van der Waals surface area contributed by atoms with Crippen LogP contribution in [0.5, 0.6) is 0 Å². The summed E-state index contributed by atoms with van der Waals surface area (Å²) in [4.78, 5) is 25.6. The van der Waals surface area contributed by atoms with Crippen LogP contribution in [0.2, 0.25) is 0 Å². The van der Waals surface area contributed by atoms with E-state index in [0.717, 1.165) is 57.9 Å². The van der Waals surface area contributed by atoms with E-state index < -0.39 is 0 Å². The molecule has 7 nitrogen and oxygen atoms in total. The topological polar surface area (TPSA) is 55.0 Å². The summed E-state index contributed by atoms with van der Waals surface area (Å²) in [6.45, 7) is 8.10. The Labute approximate surface area is 172 Å². The molecule has 154 valence electrons. The third-order valence-corrected chi connectivity index (χ3v) is 5.82. The van der Waals surface area contributed by atoms with Crippen LogP contribution >= 0.6 is 0 Å². The molecule has 0 atom stereocenters. The van der Waals surface area contributed by atoms with Gasteiger partial charge in [0.2, 0.25) is 0 Å². The lowest BCUT2D eigenvalue weighted by Gasteiger charge is -2.37. The molecule has 0 bridgehead atoms. The second-order valence-electron chi connectivity index (χ2n) is 7.80. The second kappa shape index (κ2) is 9.13. The molecule has 1 aromatic heterocycles. The van der Waals surface area contributed by atoms with E-state index in [1.807, 2.05) is 17.0 Å². The van der Waals surface area contributed by atoms with Crippen LogP contribution in [0.15, 0.2) is 48.8 Å². The predicted octanol–water partition coefficient (Wildman–Crippen LogP) is 1.87. The summed E-state index contributed by atoms with van der Waals surface area (Å²) in [5, 5.41) is 2.99. The molecule has 0 saturated carbocycles. The van der Waals surface area contributed by atoms with Gasteiger partial charge < -0.3 is 24.9 Å². The number of hydrogen-bond acceptors (Lipinski definition) is 5. The number of aromatic nitrogens is 1. The molecule has 2 saturated heterocycles. The Morgan fingerprint density at radius 3 is 2.03 bits per heavy atom. The maximum Gasteiger partial charge on any atom is 0.317 e. The second-order valence-corrected chi connectivity index (χ2v) is 7.80. The van der Waals surface area contributed by atoms with Crippen molar-refractivity contribution in [3.63, 3.8) is 0 Å². The van der Waals surface area contributed by atoms with E-state index in [0.29, 0.717) is 6.54 Å². The van der Waals surface area contributed by atoms with E-state index in [1.54, 1.807) is 12.4 Å². The maximum absolute atomic E-state index is 12.4. The Morgan fingerprint density at radius 2 is 1.48 bits per heavy atom. The van der Waals surface area contributed by atoms with Gasteiger partial charge in [-0.05, 0) is 42.9 Å². The molecule has 7 heteroatoms. The summed E-state index contributed by atoms with van der Waals surface area (Å²) in [7, 11) is 2.18. The number of nitrogens with one attached hydrogen (secondary N) is 1. The van der Waals surface area contributed by atoms with Gasteiger partial charge in [-0.1, -0.05) is 6.07 Å². The number of piperazine rings is 2. The number of anilines is 2. The first-order valence-corrected chi connectivity index (χ1v) is 10.4. The largest absolute Gasteiger partial charge is 0.369 e. The average molecular weight is 395 g/mol. The zero-order valence-corrected chi connectivity index (χ0v) is 17.1. The number of amides is 2. The van der Waals surface area contributed by atoms with Gasteiger partial charge in [0.15, 0.2) is 0 Å². The lowest BCUT2D eigenvalue weighted by molar-refractivity contribution is 0.194. The molecule has 1 N–H and O–H groups in total. The lowest BCUT2D eigenvalue weighted by atomic mass is 10.2. The smallest absolute Gasteiger partial charge is 0.317 e. The molecule has 1 aromatic carbocycles. The number of likely N-dealkylation sites (N-methyl/N-ethyl adjacent to an activating group) is 1. The minimum Gasteiger partial charge on any atom is -0.369 e. The summed E-state index contributed by atoms with van der Waals surface area (Å²) >= 11 is 0. The Bertz CT molecular complexity index is 781. The molecular formula is C22H30N6O. The molecule has 2 amide bonds. The fourth-order valence-corrected chi connectivity index (χ4v) is 3.90. The minimum absolute atomic E-state index is 0.00100. The molecule has 3 heterocycles. The number of carbonyl (C=O) groups excluding carboxylic acids is 1. The predicted molar refractivity (Wildman–Crippen MR) is 116 cm³/mol. The summed E-state index contributed by atoms with van der Waals surface area (Å²) in [5.74, 6) is 0. The van der Waals surface area contributed by atoms with Crippen molar-refractivity contribution >= 4 is 17.4 Å². The minimum atomic E-state index is -0.00100. The molecule has 0 radical (unpaired) electrons. The number of urea groups is 1. The molecule has 2 aromatic rings. The van der Waals surface area contributed by atoms with Gasteiger partial charge >= 0.3 is 6.03 Å². The van der Waals surface area contributed by atoms with Gasteiger partial charge in [0, 0.05) is 82.7 Å². The van der Waals surface area contributed by atoms with E-state index in [4.69, 9.17) is 0 Å². The molecule has 0 aliphatic carbocycles. The van der Waals surface area contributed by atoms with Crippen LogP contribution in [0.1, 0.15) is 5.56 Å². The van der Waals surface area contributed by atoms with Gasteiger partial charge in [-0.3, -0.25) is 4.98 Å². The van der Waals surface area contributed by atoms with Crippen molar-refractivity contribution < 1.29 is 4.79 Å². The molecule has 2 fully saturated rings. The Hall–Kier alpha value is -2.80. The van der Waals surface area contributed by atoms with Crippen LogP contribution in [0.25, 0.3) is 0 Å². The molecule has 2 aliphatic heterocycles. The van der Waals surface area contributed by atoms with Crippen LogP contribution in [0, 0.1) is 0 Å². The highest BCUT2D eigenvalue weighted by Crippen LogP contribution is 2.22. The molecular weight excluding hydrogens is 364 g/mol. The number of hydrogen-bond donors (Lipinski definition) is 1. The van der Waals surface area contributed by atoms with Gasteiger partial charge in [-0.2, -0.15) is 0 Å². The summed E-state index contributed by atoms with van der Waals surface area (Å²) < 4.78 is 0. The number of pyridine rings is 1. The van der Waals surface area contributed by atoms with Crippen LogP contribution in [0.4, 0.5) is 16.2 Å². The fourth-order valence-electron chi connectivity index (χ4n) is 3.90. The highest BCUT2D eigenvalue weighted by Gasteiger charge is 2.21. The zero-order chi connectivity index (χ0) is 20.1. The number of nitrogens with zero attached hydrogens (tertiary/aromatic N) is 5. The number of rotatable bonds is 4. The van der Waals surface area contributed by atoms with E-state index in [9.17, 15) is 4.79 Å². The van der Waals surface area contributed by atoms with Gasteiger partial charge in [0.05, 0.1) is 0 Å². The third-order valence-electron chi connectivity index (χ3n) is 5.82. The van der Waals surface area contributed by atoms with Crippen LogP contribution < -0.4 is 15.1 Å². The Balaban J connectivity index is 1.25. The molecule has 2 aliphatic rings. The normalized spacial score (nSPS) is 18.0. The average Bonchev–Trinajstić information content (AvgIpc) is 2.79. The Kier molecular flexibility index (Phi) is 6.14. The molecule has 0 unspecified atom stereocenters. The lowest BCUT2D eigenvalue weighted by Crippen LogP contribution is -2.51. The first-order valence-electron chi connectivity index (χ1n) is 10.4. The molecule has 0 spiro atoms. The summed E-state index contributed by atoms with van der Waals surface area (Å²) in [6.07, 6.45) is 3.52. The van der Waals surface area contributed by atoms with Crippen molar-refractivity contribution in [2.75, 3.05) is 69.2 Å². The van der Waals surface area contributed by atoms with Gasteiger partial charge in [-0.25, -0.2) is 4.79 Å². The first kappa shape index (κ1) is 19.5. The van der Waals surface area contributed by atoms with Crippen molar-refractivity contribution in [1.82, 2.24) is 20.1 Å². The SMILES string of the molecule is CN1CCN(c2ccc(N3CCN(C(=O)NCc4cccnc4)CC3)cc2)CC1. The standard InChI is InChI=1S/C22H30N6O/c1-25-9-11-26(12-10-25)20-4-6-21(7-5-20)27-13-15-28(16-14-27)22(29)24-18-19-3-2-8-23-17-19/h2-8,17H,9-16,18H2,1H3,(H,24,29). The van der Waals surface area contributed by atoms with E-state index >= 15 is 0 Å². The van der Waals surface area contributed by atoms with Crippen molar-refractivity contribution in [1.29, 1.82) is 0 Å². The summed E-state index contributed by atoms with van der Waals surface area (Å²) in [5.41, 5.74) is 3.55. The van der Waals surface area contributed by atoms with Gasteiger partial charge in [0.25, 0.3) is 0 Å². The number of benzene rings is 1. The van der Waals surface area contributed by atoms with Crippen molar-refractivity contribution in [3.8, 4) is 0 Å². The monoisotopic (exact) mass is 394 g/mol. The Morgan fingerprint density at radius 1 is 0.897 bits per heavy atom. The van der Waals surface area contributed by atoms with Gasteiger partial charge in [0.1, 0.15) is 0 Å². The molecule has 29 heavy (non-hydrogen) atoms. The van der Waals surface area contributed by atoms with Crippen molar-refractivity contribution in [2.45, 2.75) is 6.54 Å². The molecule has 4 rings (SSSR count). The number of carbonyl (C=O) groups is 1. The first-order chi connectivity index (χ1) is 14.2. The van der Waals surface area contributed by atoms with Crippen molar-refractivity contribution in [2.24, 2.45) is 0 Å². The van der Waals surface area contributed by atoms with Crippen molar-refractivity contribution in [3.05, 3.63) is 54.4 Å².